The van der Waals surface area contributed by atoms with E-state index in [0.29, 0.717) is 0 Å². The summed E-state index contributed by atoms with van der Waals surface area (Å²) in [6.07, 6.45) is 4.07. The van der Waals surface area contributed by atoms with Crippen molar-refractivity contribution in [2.45, 2.75) is 4.90 Å². The molecule has 0 fully saturated rings. The number of phenols is 2. The molecule has 0 amide bonds. The van der Waals surface area contributed by atoms with E-state index in [-0.39, 0.29) is 34.8 Å². The Balaban J connectivity index is 0.00000121. The highest BCUT2D eigenvalue weighted by Crippen LogP contribution is 2.23. The van der Waals surface area contributed by atoms with E-state index in [9.17, 15) is 0 Å². The summed E-state index contributed by atoms with van der Waals surface area (Å²) in [6.45, 7) is 0. The molecule has 0 aliphatic carbocycles. The third kappa shape index (κ3) is 2.83. The highest BCUT2D eigenvalue weighted by Gasteiger charge is 2.10. The molecule has 1 aromatic carbocycles. The van der Waals surface area contributed by atoms with Gasteiger partial charge in [0.1, 0.15) is 24.0 Å². The second-order valence-corrected chi connectivity index (χ2v) is 4.61. The van der Waals surface area contributed by atoms with Crippen LogP contribution in [0.15, 0.2) is 23.1 Å². The van der Waals surface area contributed by atoms with Gasteiger partial charge in [-0.05, 0) is 0 Å². The van der Waals surface area contributed by atoms with Gasteiger partial charge in [-0.25, -0.2) is 0 Å². The molecule has 2 nitrogen and oxygen atoms in total. The van der Waals surface area contributed by atoms with Crippen LogP contribution in [0.1, 0.15) is 0 Å². The first-order chi connectivity index (χ1) is 5.09. The number of phenolic OH excluding ortho intramolecular Hbond substituents is 2. The highest BCUT2D eigenvalue weighted by atomic mass is 35.5. The van der Waals surface area contributed by atoms with E-state index in [0.717, 1.165) is 4.90 Å². The van der Waals surface area contributed by atoms with E-state index in [1.807, 2.05) is 12.5 Å². The number of halogens is 1. The first kappa shape index (κ1) is 11.5. The molecule has 0 bridgehead atoms. The summed E-state index contributed by atoms with van der Waals surface area (Å²) >= 11 is 0. The van der Waals surface area contributed by atoms with Crippen molar-refractivity contribution in [3.63, 3.8) is 0 Å². The predicted molar refractivity (Wildman–Crippen MR) is 47.3 cm³/mol. The first-order valence-electron chi connectivity index (χ1n) is 3.20. The van der Waals surface area contributed by atoms with Crippen LogP contribution in [0.2, 0.25) is 0 Å². The van der Waals surface area contributed by atoms with Gasteiger partial charge in [-0.2, -0.15) is 0 Å². The van der Waals surface area contributed by atoms with Crippen molar-refractivity contribution < 1.29 is 22.6 Å². The van der Waals surface area contributed by atoms with Gasteiger partial charge in [0.05, 0.1) is 0 Å². The molecule has 68 valence electrons. The molecule has 0 saturated carbocycles. The van der Waals surface area contributed by atoms with Gasteiger partial charge in [-0.15, -0.1) is 0 Å². The van der Waals surface area contributed by atoms with Crippen molar-refractivity contribution in [1.82, 2.24) is 0 Å². The second-order valence-electron chi connectivity index (χ2n) is 2.50. The zero-order chi connectivity index (χ0) is 8.43. The zero-order valence-electron chi connectivity index (χ0n) is 6.91. The van der Waals surface area contributed by atoms with E-state index in [2.05, 4.69) is 0 Å². The minimum Gasteiger partial charge on any atom is -1.00 e. The Morgan fingerprint density at radius 1 is 1.00 bits per heavy atom. The SMILES string of the molecule is C[S+](C)c1cc(O)cc(O)c1.[Cl-]. The normalized spacial score (nSPS) is 9.58. The molecular formula is C8H11ClO2S. The molecule has 0 aromatic heterocycles. The van der Waals surface area contributed by atoms with Crippen molar-refractivity contribution in [3.05, 3.63) is 18.2 Å². The van der Waals surface area contributed by atoms with Gasteiger partial charge in [0, 0.05) is 29.1 Å². The number of aromatic hydroxyl groups is 2. The summed E-state index contributed by atoms with van der Waals surface area (Å²) < 4.78 is 0. The molecule has 1 aromatic rings. The number of hydrogen-bond acceptors (Lipinski definition) is 2. The lowest BCUT2D eigenvalue weighted by Gasteiger charge is -1.98. The lowest BCUT2D eigenvalue weighted by molar-refractivity contribution is -0.00000458. The molecule has 0 spiro atoms. The third-order valence-corrected chi connectivity index (χ3v) is 2.53. The standard InChI is InChI=1S/C8H10O2S.ClH/c1-11(2)8-4-6(9)3-7(10)5-8;/h3-5H,1-2H3,(H-,9,10);1H. The van der Waals surface area contributed by atoms with Gasteiger partial charge >= 0.3 is 0 Å². The van der Waals surface area contributed by atoms with Crippen LogP contribution in [0, 0.1) is 0 Å². The van der Waals surface area contributed by atoms with Crippen molar-refractivity contribution in [1.29, 1.82) is 0 Å². The number of benzene rings is 1. The average Bonchev–Trinajstić information content (AvgIpc) is 1.85. The van der Waals surface area contributed by atoms with Gasteiger partial charge in [0.2, 0.25) is 0 Å². The fourth-order valence-corrected chi connectivity index (χ4v) is 1.52. The lowest BCUT2D eigenvalue weighted by Crippen LogP contribution is -3.00. The van der Waals surface area contributed by atoms with Gasteiger partial charge in [0.25, 0.3) is 0 Å². The number of rotatable bonds is 1. The van der Waals surface area contributed by atoms with E-state index < -0.39 is 0 Å². The fraction of sp³-hybridized carbons (Fsp3) is 0.250. The Morgan fingerprint density at radius 2 is 1.42 bits per heavy atom. The predicted octanol–water partition coefficient (Wildman–Crippen LogP) is -1.66. The van der Waals surface area contributed by atoms with Crippen LogP contribution in [0.5, 0.6) is 11.5 Å². The summed E-state index contributed by atoms with van der Waals surface area (Å²) in [4.78, 5) is 0.975. The van der Waals surface area contributed by atoms with Gasteiger partial charge in [-0.1, -0.05) is 0 Å². The molecule has 2 N–H and O–H groups in total. The van der Waals surface area contributed by atoms with E-state index in [4.69, 9.17) is 10.2 Å². The summed E-state index contributed by atoms with van der Waals surface area (Å²) in [5.74, 6) is 0.252. The topological polar surface area (TPSA) is 40.5 Å². The monoisotopic (exact) mass is 206 g/mol. The van der Waals surface area contributed by atoms with Crippen molar-refractivity contribution in [2.24, 2.45) is 0 Å². The van der Waals surface area contributed by atoms with Crippen LogP contribution >= 0.6 is 0 Å². The summed E-state index contributed by atoms with van der Waals surface area (Å²) in [6, 6.07) is 4.67. The van der Waals surface area contributed by atoms with Crippen LogP contribution in [-0.2, 0) is 10.9 Å². The highest BCUT2D eigenvalue weighted by molar-refractivity contribution is 7.95. The Kier molecular flexibility index (Phi) is 4.28. The smallest absolute Gasteiger partial charge is 0.161 e. The molecular weight excluding hydrogens is 196 g/mol. The number of hydrogen-bond donors (Lipinski definition) is 2. The molecule has 1 rings (SSSR count). The molecule has 0 saturated heterocycles. The van der Waals surface area contributed by atoms with E-state index in [1.165, 1.54) is 6.07 Å². The Hall–Kier alpha value is -0.540. The maximum atomic E-state index is 9.09. The zero-order valence-corrected chi connectivity index (χ0v) is 8.49. The maximum absolute atomic E-state index is 9.09. The lowest BCUT2D eigenvalue weighted by atomic mass is 10.3. The molecule has 0 radical (unpaired) electrons. The quantitative estimate of drug-likeness (QED) is 0.540. The van der Waals surface area contributed by atoms with Crippen LogP contribution in [0.4, 0.5) is 0 Å². The summed E-state index contributed by atoms with van der Waals surface area (Å²) in [5.41, 5.74) is 0. The fourth-order valence-electron chi connectivity index (χ4n) is 0.804. The average molecular weight is 207 g/mol. The molecule has 0 aliphatic rings. The molecule has 0 heterocycles. The van der Waals surface area contributed by atoms with Crippen molar-refractivity contribution in [2.75, 3.05) is 12.5 Å². The Morgan fingerprint density at radius 3 is 1.75 bits per heavy atom. The molecule has 0 aliphatic heterocycles. The third-order valence-electron chi connectivity index (χ3n) is 1.35. The summed E-state index contributed by atoms with van der Waals surface area (Å²) in [7, 11) is 0.0805. The van der Waals surface area contributed by atoms with Crippen LogP contribution in [0.25, 0.3) is 0 Å². The molecule has 0 atom stereocenters. The minimum atomic E-state index is 0. The van der Waals surface area contributed by atoms with Gasteiger partial charge < -0.3 is 22.6 Å². The Bertz CT molecular complexity index is 243. The van der Waals surface area contributed by atoms with Gasteiger partial charge in [-0.3, -0.25) is 0 Å². The van der Waals surface area contributed by atoms with Crippen LogP contribution in [-0.4, -0.2) is 22.7 Å². The first-order valence-corrected chi connectivity index (χ1v) is 5.24. The molecule has 4 heteroatoms. The van der Waals surface area contributed by atoms with Crippen LogP contribution in [0.3, 0.4) is 0 Å². The van der Waals surface area contributed by atoms with Crippen molar-refractivity contribution >= 4 is 10.9 Å². The second kappa shape index (κ2) is 4.48. The Labute approximate surface area is 81.0 Å². The molecule has 12 heavy (non-hydrogen) atoms. The minimum absolute atomic E-state index is 0. The van der Waals surface area contributed by atoms with Crippen molar-refractivity contribution in [3.8, 4) is 11.5 Å². The molecule has 0 unspecified atom stereocenters. The van der Waals surface area contributed by atoms with Gasteiger partial charge in [0.15, 0.2) is 4.90 Å². The van der Waals surface area contributed by atoms with Crippen LogP contribution < -0.4 is 12.4 Å². The maximum Gasteiger partial charge on any atom is 0.161 e. The summed E-state index contributed by atoms with van der Waals surface area (Å²) in [5, 5.41) is 18.2. The van der Waals surface area contributed by atoms with E-state index in [1.54, 1.807) is 12.1 Å². The largest absolute Gasteiger partial charge is 1.00 e. The van der Waals surface area contributed by atoms with E-state index >= 15 is 0 Å².